The summed E-state index contributed by atoms with van der Waals surface area (Å²) in [6.07, 6.45) is 3.89. The van der Waals surface area contributed by atoms with Crippen molar-refractivity contribution >= 4 is 11.8 Å². The van der Waals surface area contributed by atoms with Gasteiger partial charge in [-0.25, -0.2) is 0 Å². The minimum absolute atomic E-state index is 0.731. The lowest BCUT2D eigenvalue weighted by Crippen LogP contribution is -2.31. The fourth-order valence-electron chi connectivity index (χ4n) is 1.28. The monoisotopic (exact) mass is 203 g/mol. The maximum Gasteiger partial charge on any atom is 0.0158 e. The maximum absolute atomic E-state index is 3.54. The van der Waals surface area contributed by atoms with Gasteiger partial charge in [-0.15, -0.1) is 0 Å². The van der Waals surface area contributed by atoms with E-state index in [1.54, 1.807) is 0 Å². The number of hydrogen-bond donors (Lipinski definition) is 1. The average Bonchev–Trinajstić information content (AvgIpc) is 2.14. The van der Waals surface area contributed by atoms with Crippen molar-refractivity contribution in [3.05, 3.63) is 0 Å². The van der Waals surface area contributed by atoms with Crippen LogP contribution in [-0.4, -0.2) is 23.6 Å². The molecule has 0 fully saturated rings. The molecular weight excluding hydrogens is 178 g/mol. The maximum atomic E-state index is 3.54. The molecule has 0 aromatic rings. The Bertz CT molecular complexity index is 100. The fourth-order valence-corrected chi connectivity index (χ4v) is 2.36. The summed E-state index contributed by atoms with van der Waals surface area (Å²) >= 11 is 2.10. The molecule has 0 bridgehead atoms. The van der Waals surface area contributed by atoms with Gasteiger partial charge in [0.05, 0.1) is 0 Å². The van der Waals surface area contributed by atoms with Crippen LogP contribution in [0.25, 0.3) is 0 Å². The normalized spacial score (nSPS) is 15.7. The second-order valence-corrected chi connectivity index (χ2v) is 5.07. The summed E-state index contributed by atoms with van der Waals surface area (Å²) in [7, 11) is 0. The van der Waals surface area contributed by atoms with Crippen molar-refractivity contribution in [2.24, 2.45) is 0 Å². The highest BCUT2D eigenvalue weighted by atomic mass is 32.2. The summed E-state index contributed by atoms with van der Waals surface area (Å²) in [6, 6.07) is 0.731. The lowest BCUT2D eigenvalue weighted by Gasteiger charge is -2.18. The Kier molecular flexibility index (Phi) is 9.10. The van der Waals surface area contributed by atoms with Crippen LogP contribution in [0.5, 0.6) is 0 Å². The van der Waals surface area contributed by atoms with Crippen LogP contribution in [0.3, 0.4) is 0 Å². The molecule has 0 aromatic heterocycles. The van der Waals surface area contributed by atoms with Crippen molar-refractivity contribution in [1.29, 1.82) is 0 Å². The van der Waals surface area contributed by atoms with Crippen LogP contribution < -0.4 is 5.32 Å². The van der Waals surface area contributed by atoms with Crippen LogP contribution in [0.4, 0.5) is 0 Å². The van der Waals surface area contributed by atoms with Gasteiger partial charge in [0.25, 0.3) is 0 Å². The summed E-state index contributed by atoms with van der Waals surface area (Å²) in [5.74, 6) is 1.27. The molecule has 2 unspecified atom stereocenters. The van der Waals surface area contributed by atoms with Gasteiger partial charge in [-0.3, -0.25) is 0 Å². The predicted octanol–water partition coefficient (Wildman–Crippen LogP) is 3.30. The first-order chi connectivity index (χ1) is 6.24. The van der Waals surface area contributed by atoms with E-state index in [1.165, 1.54) is 25.0 Å². The van der Waals surface area contributed by atoms with E-state index in [2.05, 4.69) is 44.8 Å². The second kappa shape index (κ2) is 8.89. The number of nitrogens with one attached hydrogen (secondary N) is 1. The largest absolute Gasteiger partial charge is 0.313 e. The van der Waals surface area contributed by atoms with Gasteiger partial charge in [0, 0.05) is 17.0 Å². The van der Waals surface area contributed by atoms with Crippen molar-refractivity contribution in [3.63, 3.8) is 0 Å². The van der Waals surface area contributed by atoms with Crippen molar-refractivity contribution in [2.75, 3.05) is 12.3 Å². The van der Waals surface area contributed by atoms with Crippen LogP contribution in [0.1, 0.15) is 47.0 Å². The summed E-state index contributed by atoms with van der Waals surface area (Å²) in [6.45, 7) is 10.1. The van der Waals surface area contributed by atoms with Crippen LogP contribution in [0.15, 0.2) is 0 Å². The summed E-state index contributed by atoms with van der Waals surface area (Å²) in [5.41, 5.74) is 0. The van der Waals surface area contributed by atoms with Crippen LogP contribution in [0.2, 0.25) is 0 Å². The van der Waals surface area contributed by atoms with Gasteiger partial charge in [0.2, 0.25) is 0 Å². The molecule has 0 saturated heterocycles. The van der Waals surface area contributed by atoms with Gasteiger partial charge >= 0.3 is 0 Å². The minimum atomic E-state index is 0.731. The number of rotatable bonds is 8. The Balaban J connectivity index is 3.55. The summed E-state index contributed by atoms with van der Waals surface area (Å²) in [5, 5.41) is 4.36. The van der Waals surface area contributed by atoms with Gasteiger partial charge < -0.3 is 5.32 Å². The molecule has 80 valence electrons. The highest BCUT2D eigenvalue weighted by Gasteiger charge is 2.07. The van der Waals surface area contributed by atoms with Crippen molar-refractivity contribution in [1.82, 2.24) is 5.32 Å². The zero-order valence-corrected chi connectivity index (χ0v) is 10.4. The first-order valence-electron chi connectivity index (χ1n) is 5.59. The van der Waals surface area contributed by atoms with Crippen molar-refractivity contribution in [2.45, 2.75) is 58.2 Å². The van der Waals surface area contributed by atoms with Gasteiger partial charge in [-0.1, -0.05) is 34.1 Å². The van der Waals surface area contributed by atoms with E-state index in [-0.39, 0.29) is 0 Å². The minimum Gasteiger partial charge on any atom is -0.313 e. The van der Waals surface area contributed by atoms with Gasteiger partial charge in [0.15, 0.2) is 0 Å². The number of hydrogen-bond acceptors (Lipinski definition) is 2. The zero-order chi connectivity index (χ0) is 10.1. The Morgan fingerprint density at radius 3 is 2.38 bits per heavy atom. The Morgan fingerprint density at radius 1 is 1.23 bits per heavy atom. The molecule has 2 heteroatoms. The molecule has 0 aromatic carbocycles. The molecule has 0 rings (SSSR count). The average molecular weight is 203 g/mol. The summed E-state index contributed by atoms with van der Waals surface area (Å²) in [4.78, 5) is 0. The van der Waals surface area contributed by atoms with E-state index >= 15 is 0 Å². The SMILES string of the molecule is CCCC(CSC(C)CC)NCC. The topological polar surface area (TPSA) is 12.0 Å². The predicted molar refractivity (Wildman–Crippen MR) is 64.6 cm³/mol. The van der Waals surface area contributed by atoms with Gasteiger partial charge in [-0.05, 0) is 19.4 Å². The van der Waals surface area contributed by atoms with Crippen molar-refractivity contribution < 1.29 is 0 Å². The molecular formula is C11H25NS. The zero-order valence-electron chi connectivity index (χ0n) is 9.60. The molecule has 1 nitrogen and oxygen atoms in total. The fraction of sp³-hybridized carbons (Fsp3) is 1.00. The molecule has 0 heterocycles. The molecule has 0 aliphatic heterocycles. The van der Waals surface area contributed by atoms with Crippen LogP contribution in [-0.2, 0) is 0 Å². The van der Waals surface area contributed by atoms with Crippen molar-refractivity contribution in [3.8, 4) is 0 Å². The van der Waals surface area contributed by atoms with E-state index in [9.17, 15) is 0 Å². The van der Waals surface area contributed by atoms with Gasteiger partial charge in [0.1, 0.15) is 0 Å². The molecule has 2 atom stereocenters. The lowest BCUT2D eigenvalue weighted by atomic mass is 10.2. The highest BCUT2D eigenvalue weighted by Crippen LogP contribution is 2.16. The smallest absolute Gasteiger partial charge is 0.0158 e. The molecule has 0 spiro atoms. The van der Waals surface area contributed by atoms with E-state index < -0.39 is 0 Å². The van der Waals surface area contributed by atoms with E-state index in [1.807, 2.05) is 0 Å². The van der Waals surface area contributed by atoms with E-state index in [0.29, 0.717) is 0 Å². The third-order valence-electron chi connectivity index (χ3n) is 2.29. The molecule has 0 amide bonds. The molecule has 13 heavy (non-hydrogen) atoms. The second-order valence-electron chi connectivity index (χ2n) is 3.60. The Labute approximate surface area is 88.1 Å². The third-order valence-corrected chi connectivity index (χ3v) is 3.78. The molecule has 0 saturated carbocycles. The summed E-state index contributed by atoms with van der Waals surface area (Å²) < 4.78 is 0. The van der Waals surface area contributed by atoms with Crippen LogP contribution in [0, 0.1) is 0 Å². The molecule has 0 aliphatic carbocycles. The first-order valence-corrected chi connectivity index (χ1v) is 6.64. The Morgan fingerprint density at radius 2 is 1.92 bits per heavy atom. The quantitative estimate of drug-likeness (QED) is 0.649. The molecule has 0 radical (unpaired) electrons. The van der Waals surface area contributed by atoms with E-state index in [0.717, 1.165) is 17.8 Å². The number of thioether (sulfide) groups is 1. The standard InChI is InChI=1S/C11H25NS/c1-5-8-11(12-7-3)9-13-10(4)6-2/h10-12H,5-9H2,1-4H3. The molecule has 1 N–H and O–H groups in total. The third kappa shape index (κ3) is 7.39. The lowest BCUT2D eigenvalue weighted by molar-refractivity contribution is 0.530. The first kappa shape index (κ1) is 13.3. The van der Waals surface area contributed by atoms with Gasteiger partial charge in [-0.2, -0.15) is 11.8 Å². The van der Waals surface area contributed by atoms with Crippen LogP contribution >= 0.6 is 11.8 Å². The molecule has 0 aliphatic rings. The Hall–Kier alpha value is 0.310. The highest BCUT2D eigenvalue weighted by molar-refractivity contribution is 7.99. The van der Waals surface area contributed by atoms with E-state index in [4.69, 9.17) is 0 Å².